The second kappa shape index (κ2) is 8.04. The van der Waals surface area contributed by atoms with Crippen molar-refractivity contribution in [2.75, 3.05) is 39.4 Å². The number of quaternary nitrogens is 1. The van der Waals surface area contributed by atoms with Gasteiger partial charge in [0.05, 0.1) is 43.0 Å². The molecule has 0 bridgehead atoms. The fraction of sp³-hybridized carbons (Fsp3) is 0.300. The van der Waals surface area contributed by atoms with E-state index in [4.69, 9.17) is 4.74 Å². The van der Waals surface area contributed by atoms with Crippen molar-refractivity contribution in [1.82, 2.24) is 14.9 Å². The van der Waals surface area contributed by atoms with Gasteiger partial charge in [0.1, 0.15) is 31.1 Å². The van der Waals surface area contributed by atoms with Crippen LogP contribution in [-0.2, 0) is 4.74 Å². The van der Waals surface area contributed by atoms with Crippen LogP contribution in [0.15, 0.2) is 42.7 Å². The van der Waals surface area contributed by atoms with E-state index in [-0.39, 0.29) is 11.6 Å². The third-order valence-electron chi connectivity index (χ3n) is 4.94. The molecule has 0 spiro atoms. The Morgan fingerprint density at radius 3 is 2.79 bits per heavy atom. The van der Waals surface area contributed by atoms with E-state index in [1.165, 1.54) is 27.9 Å². The number of hydrogen-bond donors (Lipinski definition) is 2. The van der Waals surface area contributed by atoms with Gasteiger partial charge in [0, 0.05) is 11.6 Å². The van der Waals surface area contributed by atoms with E-state index in [0.29, 0.717) is 23.1 Å². The van der Waals surface area contributed by atoms with Gasteiger partial charge in [0.2, 0.25) is 0 Å². The summed E-state index contributed by atoms with van der Waals surface area (Å²) < 4.78 is 34.1. The maximum absolute atomic E-state index is 14.1. The number of carbonyl (C=O) groups excluding carboxylic acids is 1. The summed E-state index contributed by atoms with van der Waals surface area (Å²) in [6, 6.07) is 8.46. The van der Waals surface area contributed by atoms with Crippen molar-refractivity contribution in [3.63, 3.8) is 0 Å². The lowest BCUT2D eigenvalue weighted by molar-refractivity contribution is -0.906. The third kappa shape index (κ3) is 3.88. The van der Waals surface area contributed by atoms with Crippen LogP contribution >= 0.6 is 0 Å². The van der Waals surface area contributed by atoms with Crippen LogP contribution in [0.4, 0.5) is 8.78 Å². The minimum atomic E-state index is -0.674. The quantitative estimate of drug-likeness (QED) is 0.685. The number of halogens is 2. The highest BCUT2D eigenvalue weighted by atomic mass is 19.1. The first kappa shape index (κ1) is 18.5. The van der Waals surface area contributed by atoms with Gasteiger partial charge in [-0.3, -0.25) is 9.36 Å². The highest BCUT2D eigenvalue weighted by Gasteiger charge is 2.15. The Hall–Kier alpha value is -2.84. The summed E-state index contributed by atoms with van der Waals surface area (Å²) in [5.41, 5.74) is 1.90. The van der Waals surface area contributed by atoms with Crippen LogP contribution in [0.3, 0.4) is 0 Å². The van der Waals surface area contributed by atoms with E-state index in [0.717, 1.165) is 38.9 Å². The summed E-state index contributed by atoms with van der Waals surface area (Å²) in [4.78, 5) is 18.1. The molecule has 2 aromatic carbocycles. The van der Waals surface area contributed by atoms with Crippen molar-refractivity contribution in [3.8, 4) is 5.69 Å². The summed E-state index contributed by atoms with van der Waals surface area (Å²) in [5.74, 6) is -1.48. The van der Waals surface area contributed by atoms with Crippen LogP contribution < -0.4 is 10.2 Å². The molecule has 0 aliphatic carbocycles. The molecule has 28 heavy (non-hydrogen) atoms. The summed E-state index contributed by atoms with van der Waals surface area (Å²) in [6.07, 6.45) is 1.46. The molecular formula is C20H21F2N4O2+. The monoisotopic (exact) mass is 387 g/mol. The maximum atomic E-state index is 14.1. The Kier molecular flexibility index (Phi) is 5.31. The van der Waals surface area contributed by atoms with Gasteiger partial charge in [0.15, 0.2) is 0 Å². The van der Waals surface area contributed by atoms with Crippen LogP contribution in [0.25, 0.3) is 16.7 Å². The molecule has 2 N–H and O–H groups in total. The van der Waals surface area contributed by atoms with E-state index in [1.807, 2.05) is 0 Å². The summed E-state index contributed by atoms with van der Waals surface area (Å²) in [5, 5.41) is 2.93. The molecule has 4 rings (SSSR count). The molecule has 2 heterocycles. The van der Waals surface area contributed by atoms with Crippen molar-refractivity contribution >= 4 is 16.9 Å². The van der Waals surface area contributed by atoms with Crippen molar-refractivity contribution in [1.29, 1.82) is 0 Å². The van der Waals surface area contributed by atoms with Gasteiger partial charge in [-0.15, -0.1) is 0 Å². The summed E-state index contributed by atoms with van der Waals surface area (Å²) in [7, 11) is 0. The van der Waals surface area contributed by atoms with Gasteiger partial charge in [-0.05, 0) is 30.3 Å². The second-order valence-corrected chi connectivity index (χ2v) is 6.78. The number of fused-ring (bicyclic) bond motifs is 1. The van der Waals surface area contributed by atoms with Crippen molar-refractivity contribution in [2.45, 2.75) is 0 Å². The average molecular weight is 387 g/mol. The van der Waals surface area contributed by atoms with Gasteiger partial charge < -0.3 is 15.0 Å². The molecule has 1 saturated heterocycles. The number of morpholine rings is 1. The van der Waals surface area contributed by atoms with Crippen molar-refractivity contribution in [2.24, 2.45) is 0 Å². The fourth-order valence-electron chi connectivity index (χ4n) is 3.39. The Bertz CT molecular complexity index is 999. The number of hydrogen-bond acceptors (Lipinski definition) is 3. The van der Waals surface area contributed by atoms with Crippen LogP contribution in [0.2, 0.25) is 0 Å². The molecule has 1 aliphatic heterocycles. The molecule has 6 nitrogen and oxygen atoms in total. The minimum Gasteiger partial charge on any atom is -0.370 e. The number of aromatic nitrogens is 2. The molecule has 146 valence electrons. The van der Waals surface area contributed by atoms with E-state index < -0.39 is 11.6 Å². The Morgan fingerprint density at radius 1 is 1.18 bits per heavy atom. The molecule has 1 fully saturated rings. The SMILES string of the molecule is O=C(NCC[NH+]1CCOCC1)c1ccc2c(c1)ncn2-c1ccc(F)cc1F. The fourth-order valence-corrected chi connectivity index (χ4v) is 3.39. The summed E-state index contributed by atoms with van der Waals surface area (Å²) in [6.45, 7) is 4.88. The molecule has 8 heteroatoms. The number of imidazole rings is 1. The largest absolute Gasteiger partial charge is 0.370 e. The molecule has 0 saturated carbocycles. The summed E-state index contributed by atoms with van der Waals surface area (Å²) >= 11 is 0. The number of carbonyl (C=O) groups is 1. The van der Waals surface area contributed by atoms with Crippen molar-refractivity contribution in [3.05, 3.63) is 59.9 Å². The molecule has 1 aromatic heterocycles. The topological polar surface area (TPSA) is 60.6 Å². The van der Waals surface area contributed by atoms with Crippen LogP contribution in [-0.4, -0.2) is 54.9 Å². The van der Waals surface area contributed by atoms with E-state index in [2.05, 4.69) is 10.3 Å². The lowest BCUT2D eigenvalue weighted by Gasteiger charge is -2.23. The van der Waals surface area contributed by atoms with Gasteiger partial charge >= 0.3 is 0 Å². The molecule has 1 amide bonds. The zero-order chi connectivity index (χ0) is 19.5. The first-order valence-corrected chi connectivity index (χ1v) is 9.24. The molecule has 0 unspecified atom stereocenters. The van der Waals surface area contributed by atoms with E-state index in [1.54, 1.807) is 18.2 Å². The predicted molar refractivity (Wildman–Crippen MR) is 99.7 cm³/mol. The number of ether oxygens (including phenoxy) is 1. The highest BCUT2D eigenvalue weighted by Crippen LogP contribution is 2.22. The highest BCUT2D eigenvalue weighted by molar-refractivity contribution is 5.97. The Morgan fingerprint density at radius 2 is 2.00 bits per heavy atom. The van der Waals surface area contributed by atoms with E-state index >= 15 is 0 Å². The molecule has 0 radical (unpaired) electrons. The number of amides is 1. The van der Waals surface area contributed by atoms with Crippen LogP contribution in [0.1, 0.15) is 10.4 Å². The maximum Gasteiger partial charge on any atom is 0.251 e. The molecular weight excluding hydrogens is 366 g/mol. The Balaban J connectivity index is 1.47. The first-order valence-electron chi connectivity index (χ1n) is 9.24. The standard InChI is InChI=1S/C20H20F2N4O2/c21-15-2-4-18(16(22)12-15)26-13-24-17-11-14(1-3-19(17)26)20(27)23-5-6-25-7-9-28-10-8-25/h1-4,11-13H,5-10H2,(H,23,27)/p+1. The van der Waals surface area contributed by atoms with Gasteiger partial charge in [-0.2, -0.15) is 0 Å². The van der Waals surface area contributed by atoms with Crippen LogP contribution in [0.5, 0.6) is 0 Å². The number of rotatable bonds is 5. The normalized spacial score (nSPS) is 15.1. The lowest BCUT2D eigenvalue weighted by Crippen LogP contribution is -3.14. The zero-order valence-corrected chi connectivity index (χ0v) is 15.3. The minimum absolute atomic E-state index is 0.169. The van der Waals surface area contributed by atoms with Crippen molar-refractivity contribution < 1.29 is 23.2 Å². The molecule has 3 aromatic rings. The predicted octanol–water partition coefficient (Wildman–Crippen LogP) is 0.949. The van der Waals surface area contributed by atoms with E-state index in [9.17, 15) is 13.6 Å². The number of nitrogens with one attached hydrogen (secondary N) is 2. The smallest absolute Gasteiger partial charge is 0.251 e. The van der Waals surface area contributed by atoms with Crippen LogP contribution in [0, 0.1) is 11.6 Å². The number of nitrogens with zero attached hydrogens (tertiary/aromatic N) is 2. The third-order valence-corrected chi connectivity index (χ3v) is 4.94. The average Bonchev–Trinajstić information content (AvgIpc) is 3.12. The second-order valence-electron chi connectivity index (χ2n) is 6.78. The molecule has 1 aliphatic rings. The van der Waals surface area contributed by atoms with Gasteiger partial charge in [-0.1, -0.05) is 0 Å². The Labute approximate surface area is 160 Å². The zero-order valence-electron chi connectivity index (χ0n) is 15.3. The first-order chi connectivity index (χ1) is 13.6. The number of benzene rings is 2. The molecule has 0 atom stereocenters. The van der Waals surface area contributed by atoms with Gasteiger partial charge in [-0.25, -0.2) is 13.8 Å². The van der Waals surface area contributed by atoms with Gasteiger partial charge in [0.25, 0.3) is 5.91 Å². The lowest BCUT2D eigenvalue weighted by atomic mass is 10.2.